The van der Waals surface area contributed by atoms with Crippen LogP contribution in [0.2, 0.25) is 0 Å². The van der Waals surface area contributed by atoms with Gasteiger partial charge in [-0.15, -0.1) is 0 Å². The fourth-order valence-corrected chi connectivity index (χ4v) is 1.20. The van der Waals surface area contributed by atoms with Crippen molar-refractivity contribution in [2.45, 2.75) is 33.6 Å². The third-order valence-corrected chi connectivity index (χ3v) is 2.82. The summed E-state index contributed by atoms with van der Waals surface area (Å²) in [7, 11) is 0. The van der Waals surface area contributed by atoms with Crippen LogP contribution in [-0.2, 0) is 19.1 Å². The van der Waals surface area contributed by atoms with Crippen molar-refractivity contribution in [2.75, 3.05) is 13.2 Å². The van der Waals surface area contributed by atoms with E-state index >= 15 is 0 Å². The molecule has 1 aliphatic heterocycles. The topological polar surface area (TPSA) is 52.6 Å². The van der Waals surface area contributed by atoms with Gasteiger partial charge in [0.1, 0.15) is 0 Å². The first-order chi connectivity index (χ1) is 6.95. The minimum Gasteiger partial charge on any atom is -0.465 e. The Hall–Kier alpha value is -1.06. The number of carbonyl (C=O) groups excluding carboxylic acids is 2. The molecule has 0 aliphatic carbocycles. The summed E-state index contributed by atoms with van der Waals surface area (Å²) in [6.45, 7) is 6.31. The van der Waals surface area contributed by atoms with Gasteiger partial charge in [0.2, 0.25) is 0 Å². The summed E-state index contributed by atoms with van der Waals surface area (Å²) < 4.78 is 9.94. The van der Waals surface area contributed by atoms with Crippen LogP contribution in [0.5, 0.6) is 0 Å². The van der Waals surface area contributed by atoms with Crippen molar-refractivity contribution in [3.63, 3.8) is 0 Å². The average molecular weight is 214 g/mol. The van der Waals surface area contributed by atoms with Crippen molar-refractivity contribution in [2.24, 2.45) is 11.3 Å². The Labute approximate surface area is 89.9 Å². The maximum atomic E-state index is 11.6. The van der Waals surface area contributed by atoms with E-state index in [-0.39, 0.29) is 24.5 Å². The van der Waals surface area contributed by atoms with Gasteiger partial charge < -0.3 is 9.47 Å². The summed E-state index contributed by atoms with van der Waals surface area (Å²) in [5.74, 6) is -0.371. The molecule has 0 amide bonds. The summed E-state index contributed by atoms with van der Waals surface area (Å²) in [5.41, 5.74) is -0.441. The minimum atomic E-state index is -0.441. The average Bonchev–Trinajstić information content (AvgIpc) is 2.60. The molecule has 0 N–H and O–H groups in total. The summed E-state index contributed by atoms with van der Waals surface area (Å²) in [5, 5.41) is 0. The first-order valence-corrected chi connectivity index (χ1v) is 5.28. The highest BCUT2D eigenvalue weighted by Gasteiger charge is 2.30. The Morgan fingerprint density at radius 2 is 2.27 bits per heavy atom. The molecule has 4 heteroatoms. The van der Waals surface area contributed by atoms with Crippen LogP contribution in [0.25, 0.3) is 0 Å². The zero-order valence-corrected chi connectivity index (χ0v) is 9.54. The predicted molar refractivity (Wildman–Crippen MR) is 54.1 cm³/mol. The number of rotatable bonds is 4. The van der Waals surface area contributed by atoms with Crippen molar-refractivity contribution in [3.05, 3.63) is 0 Å². The summed E-state index contributed by atoms with van der Waals surface area (Å²) >= 11 is 0. The second kappa shape index (κ2) is 4.64. The monoisotopic (exact) mass is 214 g/mol. The Morgan fingerprint density at radius 1 is 1.60 bits per heavy atom. The number of hydrogen-bond donors (Lipinski definition) is 0. The Kier molecular flexibility index (Phi) is 3.72. The molecule has 1 heterocycles. The Balaban J connectivity index is 2.31. The van der Waals surface area contributed by atoms with E-state index in [0.29, 0.717) is 13.0 Å². The first-order valence-electron chi connectivity index (χ1n) is 5.28. The highest BCUT2D eigenvalue weighted by Crippen LogP contribution is 2.23. The van der Waals surface area contributed by atoms with Gasteiger partial charge in [0.15, 0.2) is 0 Å². The molecule has 1 unspecified atom stereocenters. The van der Waals surface area contributed by atoms with E-state index in [1.165, 1.54) is 0 Å². The van der Waals surface area contributed by atoms with Gasteiger partial charge in [-0.25, -0.2) is 0 Å². The number of esters is 2. The van der Waals surface area contributed by atoms with Crippen LogP contribution in [0.1, 0.15) is 33.6 Å². The largest absolute Gasteiger partial charge is 0.465 e. The van der Waals surface area contributed by atoms with Gasteiger partial charge in [-0.05, 0) is 20.3 Å². The van der Waals surface area contributed by atoms with Gasteiger partial charge in [0, 0.05) is 5.92 Å². The third-order valence-electron chi connectivity index (χ3n) is 2.82. The second-order valence-corrected chi connectivity index (χ2v) is 4.59. The number of carbonyl (C=O) groups is 2. The maximum absolute atomic E-state index is 11.6. The molecule has 0 saturated carbocycles. The molecule has 0 bridgehead atoms. The standard InChI is InChI=1S/C11H18O4/c1-4-11(2,3)10(13)15-7-8-5-9(12)14-6-8/h8H,4-7H2,1-3H3. The van der Waals surface area contributed by atoms with E-state index in [0.717, 1.165) is 6.42 Å². The van der Waals surface area contributed by atoms with E-state index in [2.05, 4.69) is 0 Å². The molecule has 0 radical (unpaired) electrons. The third kappa shape index (κ3) is 3.22. The Morgan fingerprint density at radius 3 is 2.73 bits per heavy atom. The molecule has 86 valence electrons. The molecule has 0 aromatic carbocycles. The van der Waals surface area contributed by atoms with Gasteiger partial charge in [0.05, 0.1) is 25.0 Å². The molecule has 1 fully saturated rings. The van der Waals surface area contributed by atoms with Crippen LogP contribution in [0.3, 0.4) is 0 Å². The van der Waals surface area contributed by atoms with Crippen molar-refractivity contribution in [1.29, 1.82) is 0 Å². The smallest absolute Gasteiger partial charge is 0.311 e. The fourth-order valence-electron chi connectivity index (χ4n) is 1.20. The van der Waals surface area contributed by atoms with Crippen LogP contribution in [0.15, 0.2) is 0 Å². The lowest BCUT2D eigenvalue weighted by molar-refractivity contribution is -0.155. The molecule has 1 rings (SSSR count). The van der Waals surface area contributed by atoms with Gasteiger partial charge in [-0.1, -0.05) is 6.92 Å². The van der Waals surface area contributed by atoms with Crippen LogP contribution < -0.4 is 0 Å². The molecular weight excluding hydrogens is 196 g/mol. The Bertz CT molecular complexity index is 257. The van der Waals surface area contributed by atoms with Crippen molar-refractivity contribution in [1.82, 2.24) is 0 Å². The van der Waals surface area contributed by atoms with Crippen molar-refractivity contribution < 1.29 is 19.1 Å². The second-order valence-electron chi connectivity index (χ2n) is 4.59. The molecule has 1 atom stereocenters. The molecule has 1 saturated heterocycles. The minimum absolute atomic E-state index is 0.0362. The van der Waals surface area contributed by atoms with Crippen LogP contribution in [0, 0.1) is 11.3 Å². The predicted octanol–water partition coefficient (Wildman–Crippen LogP) is 1.53. The zero-order valence-electron chi connectivity index (χ0n) is 9.54. The van der Waals surface area contributed by atoms with Crippen LogP contribution >= 0.6 is 0 Å². The van der Waals surface area contributed by atoms with E-state index in [4.69, 9.17) is 9.47 Å². The number of ether oxygens (including phenoxy) is 2. The summed E-state index contributed by atoms with van der Waals surface area (Å²) in [4.78, 5) is 22.4. The lowest BCUT2D eigenvalue weighted by Crippen LogP contribution is -2.27. The van der Waals surface area contributed by atoms with Gasteiger partial charge >= 0.3 is 11.9 Å². The number of cyclic esters (lactones) is 1. The maximum Gasteiger partial charge on any atom is 0.311 e. The van der Waals surface area contributed by atoms with Crippen LogP contribution in [0.4, 0.5) is 0 Å². The molecule has 0 aromatic heterocycles. The molecule has 0 spiro atoms. The SMILES string of the molecule is CCC(C)(C)C(=O)OCC1COC(=O)C1. The zero-order chi connectivity index (χ0) is 11.5. The lowest BCUT2D eigenvalue weighted by Gasteiger charge is -2.21. The number of hydrogen-bond acceptors (Lipinski definition) is 4. The quantitative estimate of drug-likeness (QED) is 0.666. The highest BCUT2D eigenvalue weighted by molar-refractivity contribution is 5.76. The lowest BCUT2D eigenvalue weighted by atomic mass is 9.91. The van der Waals surface area contributed by atoms with E-state index in [1.54, 1.807) is 0 Å². The normalized spacial score (nSPS) is 21.3. The van der Waals surface area contributed by atoms with Crippen molar-refractivity contribution in [3.8, 4) is 0 Å². The van der Waals surface area contributed by atoms with E-state index in [9.17, 15) is 9.59 Å². The molecule has 1 aliphatic rings. The van der Waals surface area contributed by atoms with E-state index < -0.39 is 5.41 Å². The highest BCUT2D eigenvalue weighted by atomic mass is 16.6. The molecular formula is C11H18O4. The summed E-state index contributed by atoms with van der Waals surface area (Å²) in [6, 6.07) is 0. The molecule has 4 nitrogen and oxygen atoms in total. The molecule has 0 aromatic rings. The van der Waals surface area contributed by atoms with Gasteiger partial charge in [0.25, 0.3) is 0 Å². The van der Waals surface area contributed by atoms with Gasteiger partial charge in [-0.3, -0.25) is 9.59 Å². The van der Waals surface area contributed by atoms with Crippen molar-refractivity contribution >= 4 is 11.9 Å². The fraction of sp³-hybridized carbons (Fsp3) is 0.818. The summed E-state index contributed by atoms with van der Waals surface area (Å²) in [6.07, 6.45) is 1.10. The van der Waals surface area contributed by atoms with E-state index in [1.807, 2.05) is 20.8 Å². The van der Waals surface area contributed by atoms with Gasteiger partial charge in [-0.2, -0.15) is 0 Å². The molecule has 15 heavy (non-hydrogen) atoms. The van der Waals surface area contributed by atoms with Crippen LogP contribution in [-0.4, -0.2) is 25.2 Å². The first kappa shape index (κ1) is 12.0.